The Hall–Kier alpha value is -1.49. The molecule has 2 N–H and O–H groups in total. The van der Waals surface area contributed by atoms with Crippen LogP contribution in [0.5, 0.6) is 5.75 Å². The van der Waals surface area contributed by atoms with Crippen molar-refractivity contribution in [2.45, 2.75) is 12.5 Å². The van der Waals surface area contributed by atoms with Crippen LogP contribution in [-0.2, 0) is 4.79 Å². The van der Waals surface area contributed by atoms with Gasteiger partial charge in [0.1, 0.15) is 11.9 Å². The standard InChI is InChI=1S/C10H9ClFNO3/c11-7-1-5(12)2-8-10(7)16-6(4-13-8)3-9(14)15/h1-2,6,13H,3-4H2,(H,14,15). The van der Waals surface area contributed by atoms with Gasteiger partial charge in [0.15, 0.2) is 5.75 Å². The van der Waals surface area contributed by atoms with Crippen molar-refractivity contribution < 1.29 is 19.0 Å². The second-order valence-corrected chi connectivity index (χ2v) is 3.89. The topological polar surface area (TPSA) is 58.6 Å². The van der Waals surface area contributed by atoms with Crippen molar-refractivity contribution in [1.82, 2.24) is 0 Å². The van der Waals surface area contributed by atoms with Crippen LogP contribution in [0.15, 0.2) is 12.1 Å². The van der Waals surface area contributed by atoms with Crippen LogP contribution in [-0.4, -0.2) is 23.7 Å². The van der Waals surface area contributed by atoms with E-state index in [4.69, 9.17) is 21.4 Å². The third kappa shape index (κ3) is 2.19. The molecule has 1 aliphatic rings. The molecule has 1 heterocycles. The number of nitrogens with one attached hydrogen (secondary N) is 1. The summed E-state index contributed by atoms with van der Waals surface area (Å²) in [5.74, 6) is -1.11. The van der Waals surface area contributed by atoms with E-state index in [1.165, 1.54) is 6.07 Å². The van der Waals surface area contributed by atoms with Gasteiger partial charge >= 0.3 is 5.97 Å². The molecule has 0 saturated carbocycles. The summed E-state index contributed by atoms with van der Waals surface area (Å²) in [5.41, 5.74) is 0.451. The summed E-state index contributed by atoms with van der Waals surface area (Å²) in [4.78, 5) is 10.5. The van der Waals surface area contributed by atoms with Crippen molar-refractivity contribution in [1.29, 1.82) is 0 Å². The smallest absolute Gasteiger partial charge is 0.307 e. The number of anilines is 1. The van der Waals surface area contributed by atoms with E-state index in [9.17, 15) is 9.18 Å². The molecule has 4 nitrogen and oxygen atoms in total. The van der Waals surface area contributed by atoms with E-state index in [0.717, 1.165) is 6.07 Å². The monoisotopic (exact) mass is 245 g/mol. The Morgan fingerprint density at radius 3 is 3.12 bits per heavy atom. The van der Waals surface area contributed by atoms with E-state index in [2.05, 4.69) is 5.32 Å². The fourth-order valence-electron chi connectivity index (χ4n) is 1.55. The normalized spacial score (nSPS) is 18.2. The Labute approximate surface area is 96.0 Å². The third-order valence-corrected chi connectivity index (χ3v) is 2.50. The maximum Gasteiger partial charge on any atom is 0.307 e. The Morgan fingerprint density at radius 1 is 1.69 bits per heavy atom. The van der Waals surface area contributed by atoms with Crippen LogP contribution in [0.25, 0.3) is 0 Å². The number of benzene rings is 1. The molecule has 1 atom stereocenters. The van der Waals surface area contributed by atoms with Crippen LogP contribution in [0, 0.1) is 5.82 Å². The first-order chi connectivity index (χ1) is 7.56. The minimum Gasteiger partial charge on any atom is -0.484 e. The van der Waals surface area contributed by atoms with Crippen molar-refractivity contribution in [3.05, 3.63) is 23.0 Å². The number of carboxylic acids is 1. The molecular formula is C10H9ClFNO3. The van der Waals surface area contributed by atoms with Gasteiger partial charge in [0.25, 0.3) is 0 Å². The van der Waals surface area contributed by atoms with Crippen LogP contribution >= 0.6 is 11.6 Å². The molecule has 0 radical (unpaired) electrons. The van der Waals surface area contributed by atoms with Crippen LogP contribution in [0.2, 0.25) is 5.02 Å². The predicted molar refractivity (Wildman–Crippen MR) is 56.6 cm³/mol. The first-order valence-corrected chi connectivity index (χ1v) is 5.05. The highest BCUT2D eigenvalue weighted by atomic mass is 35.5. The molecule has 1 unspecified atom stereocenters. The zero-order valence-corrected chi connectivity index (χ0v) is 8.92. The van der Waals surface area contributed by atoms with Crippen molar-refractivity contribution in [2.24, 2.45) is 0 Å². The van der Waals surface area contributed by atoms with E-state index >= 15 is 0 Å². The zero-order valence-electron chi connectivity index (χ0n) is 8.17. The van der Waals surface area contributed by atoms with Crippen LogP contribution in [0.3, 0.4) is 0 Å². The van der Waals surface area contributed by atoms with Gasteiger partial charge in [-0.2, -0.15) is 0 Å². The Balaban J connectivity index is 2.23. The zero-order chi connectivity index (χ0) is 11.7. The highest BCUT2D eigenvalue weighted by Gasteiger charge is 2.24. The van der Waals surface area contributed by atoms with E-state index in [1.54, 1.807) is 0 Å². The Bertz CT molecular complexity index is 438. The molecule has 1 aromatic rings. The molecule has 2 rings (SSSR count). The number of fused-ring (bicyclic) bond motifs is 1. The third-order valence-electron chi connectivity index (χ3n) is 2.22. The van der Waals surface area contributed by atoms with Crippen molar-refractivity contribution in [2.75, 3.05) is 11.9 Å². The largest absolute Gasteiger partial charge is 0.484 e. The summed E-state index contributed by atoms with van der Waals surface area (Å²) in [6.45, 7) is 0.319. The van der Waals surface area contributed by atoms with Crippen molar-refractivity contribution >= 4 is 23.3 Å². The van der Waals surface area contributed by atoms with Gasteiger partial charge in [-0.15, -0.1) is 0 Å². The van der Waals surface area contributed by atoms with Crippen LogP contribution < -0.4 is 10.1 Å². The van der Waals surface area contributed by atoms with E-state index < -0.39 is 17.9 Å². The van der Waals surface area contributed by atoms with E-state index in [0.29, 0.717) is 18.0 Å². The molecular weight excluding hydrogens is 237 g/mol. The second-order valence-electron chi connectivity index (χ2n) is 3.48. The number of hydrogen-bond donors (Lipinski definition) is 2. The SMILES string of the molecule is O=C(O)CC1CNc2cc(F)cc(Cl)c2O1. The molecule has 1 aromatic carbocycles. The van der Waals surface area contributed by atoms with Gasteiger partial charge < -0.3 is 15.2 Å². The summed E-state index contributed by atoms with van der Waals surface area (Å²) in [5, 5.41) is 11.6. The van der Waals surface area contributed by atoms with Gasteiger partial charge in [-0.3, -0.25) is 4.79 Å². The van der Waals surface area contributed by atoms with Gasteiger partial charge in [-0.25, -0.2) is 4.39 Å². The molecule has 0 bridgehead atoms. The predicted octanol–water partition coefficient (Wildman–Crippen LogP) is 2.13. The number of hydrogen-bond acceptors (Lipinski definition) is 3. The summed E-state index contributed by atoms with van der Waals surface area (Å²) in [6.07, 6.45) is -0.617. The van der Waals surface area contributed by atoms with E-state index in [1.807, 2.05) is 0 Å². The van der Waals surface area contributed by atoms with Gasteiger partial charge in [-0.1, -0.05) is 11.6 Å². The fraction of sp³-hybridized carbons (Fsp3) is 0.300. The lowest BCUT2D eigenvalue weighted by Crippen LogP contribution is -2.33. The maximum atomic E-state index is 13.0. The van der Waals surface area contributed by atoms with E-state index in [-0.39, 0.29) is 11.4 Å². The molecule has 1 aliphatic heterocycles. The number of rotatable bonds is 2. The highest BCUT2D eigenvalue weighted by molar-refractivity contribution is 6.32. The lowest BCUT2D eigenvalue weighted by molar-refractivity contribution is -0.138. The number of ether oxygens (including phenoxy) is 1. The van der Waals surface area contributed by atoms with Gasteiger partial charge in [0.05, 0.1) is 23.7 Å². The van der Waals surface area contributed by atoms with Gasteiger partial charge in [0, 0.05) is 6.07 Å². The van der Waals surface area contributed by atoms with Crippen LogP contribution in [0.1, 0.15) is 6.42 Å². The molecule has 0 spiro atoms. The average Bonchev–Trinajstić information content (AvgIpc) is 2.18. The summed E-state index contributed by atoms with van der Waals surface area (Å²) in [7, 11) is 0. The quantitative estimate of drug-likeness (QED) is 0.838. The molecule has 16 heavy (non-hydrogen) atoms. The number of carboxylic acid groups (broad SMARTS) is 1. The molecule has 0 aromatic heterocycles. The summed E-state index contributed by atoms with van der Waals surface area (Å²) >= 11 is 5.80. The lowest BCUT2D eigenvalue weighted by Gasteiger charge is -2.27. The molecule has 86 valence electrons. The molecule has 6 heteroatoms. The first kappa shape index (κ1) is 11.0. The summed E-state index contributed by atoms with van der Waals surface area (Å²) < 4.78 is 18.4. The summed E-state index contributed by atoms with van der Waals surface area (Å²) in [6, 6.07) is 2.39. The Kier molecular flexibility index (Phi) is 2.87. The minimum absolute atomic E-state index is 0.125. The highest BCUT2D eigenvalue weighted by Crippen LogP contribution is 2.37. The molecule has 0 saturated heterocycles. The van der Waals surface area contributed by atoms with Gasteiger partial charge in [-0.05, 0) is 6.07 Å². The van der Waals surface area contributed by atoms with Crippen molar-refractivity contribution in [3.63, 3.8) is 0 Å². The number of aliphatic carboxylic acids is 1. The second kappa shape index (κ2) is 4.17. The molecule has 0 amide bonds. The molecule has 0 fully saturated rings. The van der Waals surface area contributed by atoms with Gasteiger partial charge in [0.2, 0.25) is 0 Å². The first-order valence-electron chi connectivity index (χ1n) is 4.67. The van der Waals surface area contributed by atoms with Crippen molar-refractivity contribution in [3.8, 4) is 5.75 Å². The fourth-order valence-corrected chi connectivity index (χ4v) is 1.80. The minimum atomic E-state index is -0.950. The Morgan fingerprint density at radius 2 is 2.44 bits per heavy atom. The maximum absolute atomic E-state index is 13.0. The lowest BCUT2D eigenvalue weighted by atomic mass is 10.2. The molecule has 0 aliphatic carbocycles. The average molecular weight is 246 g/mol. The number of halogens is 2. The number of carbonyl (C=O) groups is 1. The van der Waals surface area contributed by atoms with Crippen LogP contribution in [0.4, 0.5) is 10.1 Å².